The van der Waals surface area contributed by atoms with Crippen LogP contribution in [0.4, 0.5) is 0 Å². The Bertz CT molecular complexity index is 765. The molecule has 4 nitrogen and oxygen atoms in total. The quantitative estimate of drug-likeness (QED) is 0.694. The number of amides is 1. The number of carbonyl (C=O) groups is 2. The van der Waals surface area contributed by atoms with Gasteiger partial charge in [-0.2, -0.15) is 0 Å². The number of hydrogen-bond donors (Lipinski definition) is 1. The minimum absolute atomic E-state index is 0.186. The van der Waals surface area contributed by atoms with E-state index in [1.807, 2.05) is 37.3 Å². The topological polar surface area (TPSA) is 55.4 Å². The van der Waals surface area contributed by atoms with Crippen molar-refractivity contribution in [3.05, 3.63) is 71.9 Å². The van der Waals surface area contributed by atoms with Crippen LogP contribution in [0.25, 0.3) is 0 Å². The zero-order valence-corrected chi connectivity index (χ0v) is 12.8. The maximum Gasteiger partial charge on any atom is 0.239 e. The van der Waals surface area contributed by atoms with Crippen LogP contribution in [0.1, 0.15) is 24.8 Å². The first-order valence-corrected chi connectivity index (χ1v) is 7.57. The molecule has 2 aromatic carbocycles. The maximum absolute atomic E-state index is 12.4. The molecule has 1 amide bonds. The van der Waals surface area contributed by atoms with Crippen LogP contribution in [-0.2, 0) is 9.59 Å². The molecule has 3 rings (SSSR count). The van der Waals surface area contributed by atoms with E-state index in [1.165, 1.54) is 0 Å². The van der Waals surface area contributed by atoms with Gasteiger partial charge in [0.2, 0.25) is 5.91 Å². The second-order valence-corrected chi connectivity index (χ2v) is 5.30. The van der Waals surface area contributed by atoms with Gasteiger partial charge in [-0.15, -0.1) is 0 Å². The van der Waals surface area contributed by atoms with Gasteiger partial charge in [0.15, 0.2) is 5.78 Å². The lowest BCUT2D eigenvalue weighted by Gasteiger charge is -2.09. The van der Waals surface area contributed by atoms with E-state index in [0.717, 1.165) is 0 Å². The van der Waals surface area contributed by atoms with E-state index in [4.69, 9.17) is 4.74 Å². The van der Waals surface area contributed by atoms with Crippen molar-refractivity contribution >= 4 is 11.7 Å². The van der Waals surface area contributed by atoms with Gasteiger partial charge in [-0.05, 0) is 36.2 Å². The van der Waals surface area contributed by atoms with E-state index in [1.54, 1.807) is 30.3 Å². The molecule has 0 saturated carbocycles. The molecule has 1 saturated heterocycles. The monoisotopic (exact) mass is 307 g/mol. The van der Waals surface area contributed by atoms with Crippen LogP contribution in [0.15, 0.2) is 66.4 Å². The van der Waals surface area contributed by atoms with Gasteiger partial charge in [0.05, 0.1) is 5.70 Å². The molecule has 0 aromatic heterocycles. The Morgan fingerprint density at radius 3 is 2.52 bits per heavy atom. The number of ketones is 1. The van der Waals surface area contributed by atoms with Crippen molar-refractivity contribution in [2.75, 3.05) is 0 Å². The Morgan fingerprint density at radius 2 is 1.78 bits per heavy atom. The number of hydrogen-bond acceptors (Lipinski definition) is 3. The SMILES string of the molecule is CC/C=C1/NC(=O)C(c2cccc(Oc3ccccc3)c2)C1=O. The molecule has 1 heterocycles. The van der Waals surface area contributed by atoms with Crippen LogP contribution in [0, 0.1) is 0 Å². The molecule has 1 unspecified atom stereocenters. The number of Topliss-reactive ketones (excluding diaryl/α,β-unsaturated/α-hetero) is 1. The van der Waals surface area contributed by atoms with Crippen LogP contribution in [0.2, 0.25) is 0 Å². The lowest BCUT2D eigenvalue weighted by atomic mass is 9.95. The van der Waals surface area contributed by atoms with Crippen molar-refractivity contribution < 1.29 is 14.3 Å². The van der Waals surface area contributed by atoms with Crippen molar-refractivity contribution in [2.45, 2.75) is 19.3 Å². The van der Waals surface area contributed by atoms with E-state index in [-0.39, 0.29) is 11.7 Å². The Kier molecular flexibility index (Phi) is 4.24. The number of nitrogens with one attached hydrogen (secondary N) is 1. The Balaban J connectivity index is 1.87. The summed E-state index contributed by atoms with van der Waals surface area (Å²) in [6.07, 6.45) is 2.44. The van der Waals surface area contributed by atoms with Crippen molar-refractivity contribution in [1.29, 1.82) is 0 Å². The predicted octanol–water partition coefficient (Wildman–Crippen LogP) is 3.56. The van der Waals surface area contributed by atoms with E-state index in [0.29, 0.717) is 29.2 Å². The lowest BCUT2D eigenvalue weighted by Crippen LogP contribution is -2.17. The number of rotatable bonds is 4. The fraction of sp³-hybridized carbons (Fsp3) is 0.158. The average molecular weight is 307 g/mol. The highest BCUT2D eigenvalue weighted by Gasteiger charge is 2.38. The second kappa shape index (κ2) is 6.48. The number of benzene rings is 2. The molecule has 116 valence electrons. The number of para-hydroxylation sites is 1. The molecule has 1 N–H and O–H groups in total. The zero-order valence-electron chi connectivity index (χ0n) is 12.8. The first-order chi connectivity index (χ1) is 11.2. The highest BCUT2D eigenvalue weighted by Crippen LogP contribution is 2.30. The van der Waals surface area contributed by atoms with Crippen molar-refractivity contribution in [2.24, 2.45) is 0 Å². The van der Waals surface area contributed by atoms with Crippen LogP contribution >= 0.6 is 0 Å². The van der Waals surface area contributed by atoms with Gasteiger partial charge in [0, 0.05) is 0 Å². The summed E-state index contributed by atoms with van der Waals surface area (Å²) in [5.74, 6) is 0.0352. The Morgan fingerprint density at radius 1 is 1.04 bits per heavy atom. The standard InChI is InChI=1S/C19H17NO3/c1-2-7-16-18(21)17(19(22)20-16)13-8-6-11-15(12-13)23-14-9-4-3-5-10-14/h3-12,17H,2H2,1H3,(H,20,22)/b16-7+. The van der Waals surface area contributed by atoms with Crippen LogP contribution in [-0.4, -0.2) is 11.7 Å². The highest BCUT2D eigenvalue weighted by atomic mass is 16.5. The molecule has 1 atom stereocenters. The van der Waals surface area contributed by atoms with Crippen LogP contribution < -0.4 is 10.1 Å². The first-order valence-electron chi connectivity index (χ1n) is 7.57. The summed E-state index contributed by atoms with van der Waals surface area (Å²) in [5.41, 5.74) is 1.03. The molecule has 2 aromatic rings. The molecule has 1 fully saturated rings. The minimum Gasteiger partial charge on any atom is -0.457 e. The van der Waals surface area contributed by atoms with Gasteiger partial charge >= 0.3 is 0 Å². The molecule has 4 heteroatoms. The highest BCUT2D eigenvalue weighted by molar-refractivity contribution is 6.21. The normalized spacial score (nSPS) is 19.0. The molecule has 0 radical (unpaired) electrons. The fourth-order valence-corrected chi connectivity index (χ4v) is 2.58. The summed E-state index contributed by atoms with van der Waals surface area (Å²) in [7, 11) is 0. The molecular weight excluding hydrogens is 290 g/mol. The predicted molar refractivity (Wildman–Crippen MR) is 87.2 cm³/mol. The summed E-state index contributed by atoms with van der Waals surface area (Å²) in [4.78, 5) is 24.5. The van der Waals surface area contributed by atoms with Crippen molar-refractivity contribution in [3.63, 3.8) is 0 Å². The Labute approximate surface area is 134 Å². The molecular formula is C19H17NO3. The smallest absolute Gasteiger partial charge is 0.239 e. The summed E-state index contributed by atoms with van der Waals surface area (Å²) >= 11 is 0. The van der Waals surface area contributed by atoms with E-state index in [9.17, 15) is 9.59 Å². The van der Waals surface area contributed by atoms with E-state index < -0.39 is 5.92 Å². The summed E-state index contributed by atoms with van der Waals surface area (Å²) in [5, 5.41) is 2.65. The van der Waals surface area contributed by atoms with Crippen molar-refractivity contribution in [3.8, 4) is 11.5 Å². The fourth-order valence-electron chi connectivity index (χ4n) is 2.58. The van der Waals surface area contributed by atoms with Gasteiger partial charge < -0.3 is 10.1 Å². The molecule has 0 aliphatic carbocycles. The molecule has 23 heavy (non-hydrogen) atoms. The molecule has 0 bridgehead atoms. The maximum atomic E-state index is 12.4. The number of ether oxygens (including phenoxy) is 1. The van der Waals surface area contributed by atoms with Gasteiger partial charge in [-0.1, -0.05) is 43.3 Å². The van der Waals surface area contributed by atoms with E-state index >= 15 is 0 Å². The van der Waals surface area contributed by atoms with Crippen LogP contribution in [0.5, 0.6) is 11.5 Å². The van der Waals surface area contributed by atoms with Crippen LogP contribution in [0.3, 0.4) is 0 Å². The Hall–Kier alpha value is -2.88. The summed E-state index contributed by atoms with van der Waals surface area (Å²) < 4.78 is 5.77. The average Bonchev–Trinajstić information content (AvgIpc) is 2.83. The molecule has 1 aliphatic heterocycles. The lowest BCUT2D eigenvalue weighted by molar-refractivity contribution is -0.124. The number of carbonyl (C=O) groups excluding carboxylic acids is 2. The van der Waals surface area contributed by atoms with Crippen molar-refractivity contribution in [1.82, 2.24) is 5.32 Å². The zero-order chi connectivity index (χ0) is 16.2. The van der Waals surface area contributed by atoms with Gasteiger partial charge in [0.25, 0.3) is 0 Å². The second-order valence-electron chi connectivity index (χ2n) is 5.30. The number of allylic oxidation sites excluding steroid dienone is 2. The van der Waals surface area contributed by atoms with Gasteiger partial charge in [-0.3, -0.25) is 9.59 Å². The van der Waals surface area contributed by atoms with Gasteiger partial charge in [-0.25, -0.2) is 0 Å². The first kappa shape index (κ1) is 15.0. The third-order valence-corrected chi connectivity index (χ3v) is 3.63. The van der Waals surface area contributed by atoms with E-state index in [2.05, 4.69) is 5.32 Å². The molecule has 1 aliphatic rings. The largest absolute Gasteiger partial charge is 0.457 e. The minimum atomic E-state index is -0.799. The van der Waals surface area contributed by atoms with Gasteiger partial charge in [0.1, 0.15) is 17.4 Å². The third-order valence-electron chi connectivity index (χ3n) is 3.63. The summed E-state index contributed by atoms with van der Waals surface area (Å²) in [6, 6.07) is 16.5. The third kappa shape index (κ3) is 3.16. The summed E-state index contributed by atoms with van der Waals surface area (Å²) in [6.45, 7) is 1.92. The molecule has 0 spiro atoms.